The van der Waals surface area contributed by atoms with Gasteiger partial charge in [0.2, 0.25) is 0 Å². The molecule has 0 aromatic rings. The first-order valence-corrected chi connectivity index (χ1v) is 6.23. The molecule has 0 spiro atoms. The largest absolute Gasteiger partial charge is 0.444 e. The van der Waals surface area contributed by atoms with Crippen LogP contribution >= 0.6 is 0 Å². The quantitative estimate of drug-likeness (QED) is 0.729. The number of piperazine rings is 1. The van der Waals surface area contributed by atoms with Crippen LogP contribution in [-0.4, -0.2) is 65.4 Å². The van der Waals surface area contributed by atoms with Crippen molar-refractivity contribution in [1.82, 2.24) is 9.80 Å². The van der Waals surface area contributed by atoms with Crippen molar-refractivity contribution < 1.29 is 14.6 Å². The molecule has 2 aliphatic rings. The Morgan fingerprint density at radius 1 is 1.35 bits per heavy atom. The minimum atomic E-state index is -0.440. The van der Waals surface area contributed by atoms with Crippen LogP contribution in [0.5, 0.6) is 0 Å². The van der Waals surface area contributed by atoms with Gasteiger partial charge in [-0.3, -0.25) is 4.90 Å². The van der Waals surface area contributed by atoms with Crippen molar-refractivity contribution >= 4 is 6.09 Å². The fourth-order valence-electron chi connectivity index (χ4n) is 2.48. The number of carbonyl (C=O) groups is 1. The molecule has 0 saturated carbocycles. The lowest BCUT2D eigenvalue weighted by Crippen LogP contribution is -2.67. The lowest BCUT2D eigenvalue weighted by molar-refractivity contribution is -0.0694. The van der Waals surface area contributed by atoms with Gasteiger partial charge in [0.15, 0.2) is 0 Å². The van der Waals surface area contributed by atoms with Gasteiger partial charge < -0.3 is 14.7 Å². The minimum Gasteiger partial charge on any atom is -0.444 e. The van der Waals surface area contributed by atoms with Gasteiger partial charge in [-0.2, -0.15) is 0 Å². The van der Waals surface area contributed by atoms with E-state index in [1.165, 1.54) is 0 Å². The van der Waals surface area contributed by atoms with Gasteiger partial charge in [0.1, 0.15) is 5.60 Å². The van der Waals surface area contributed by atoms with Gasteiger partial charge in [0, 0.05) is 44.7 Å². The molecule has 5 nitrogen and oxygen atoms in total. The highest BCUT2D eigenvalue weighted by Gasteiger charge is 2.43. The summed E-state index contributed by atoms with van der Waals surface area (Å²) in [6, 6.07) is 0.321. The van der Waals surface area contributed by atoms with E-state index in [1.54, 1.807) is 4.90 Å². The summed E-state index contributed by atoms with van der Waals surface area (Å²) in [5.74, 6) is 0.320. The second kappa shape index (κ2) is 4.46. The molecule has 2 aliphatic heterocycles. The van der Waals surface area contributed by atoms with E-state index in [0.29, 0.717) is 18.5 Å². The Labute approximate surface area is 102 Å². The van der Waals surface area contributed by atoms with Crippen molar-refractivity contribution in [1.29, 1.82) is 0 Å². The molecule has 0 bridgehead atoms. The molecule has 2 unspecified atom stereocenters. The van der Waals surface area contributed by atoms with Crippen LogP contribution in [0.25, 0.3) is 0 Å². The van der Waals surface area contributed by atoms with E-state index < -0.39 is 5.60 Å². The first-order valence-electron chi connectivity index (χ1n) is 6.23. The van der Waals surface area contributed by atoms with Crippen LogP contribution < -0.4 is 0 Å². The summed E-state index contributed by atoms with van der Waals surface area (Å²) in [6.45, 7) is 9.10. The standard InChI is InChI=1S/C12H22N2O3/c1-12(2,3)17-11(16)14-5-4-13-6-9(8-15)10(13)7-14/h9-10,15H,4-8H2,1-3H3. The Hall–Kier alpha value is -0.810. The molecule has 2 heterocycles. The Morgan fingerprint density at radius 2 is 2.06 bits per heavy atom. The van der Waals surface area contributed by atoms with Gasteiger partial charge in [-0.1, -0.05) is 0 Å². The van der Waals surface area contributed by atoms with Crippen LogP contribution in [-0.2, 0) is 4.74 Å². The number of rotatable bonds is 1. The van der Waals surface area contributed by atoms with Crippen LogP contribution in [0.4, 0.5) is 4.79 Å². The van der Waals surface area contributed by atoms with E-state index in [-0.39, 0.29) is 12.7 Å². The first-order chi connectivity index (χ1) is 7.90. The van der Waals surface area contributed by atoms with Gasteiger partial charge in [0.25, 0.3) is 0 Å². The number of aliphatic hydroxyl groups excluding tert-OH is 1. The van der Waals surface area contributed by atoms with E-state index in [1.807, 2.05) is 20.8 Å². The fraction of sp³-hybridized carbons (Fsp3) is 0.917. The molecular weight excluding hydrogens is 220 g/mol. The molecule has 0 radical (unpaired) electrons. The van der Waals surface area contributed by atoms with Crippen molar-refractivity contribution in [3.05, 3.63) is 0 Å². The molecule has 2 fully saturated rings. The zero-order valence-corrected chi connectivity index (χ0v) is 10.8. The number of ether oxygens (including phenoxy) is 1. The normalized spacial score (nSPS) is 29.5. The highest BCUT2D eigenvalue weighted by Crippen LogP contribution is 2.28. The van der Waals surface area contributed by atoms with E-state index >= 15 is 0 Å². The van der Waals surface area contributed by atoms with Crippen LogP contribution in [0, 0.1) is 5.92 Å². The topological polar surface area (TPSA) is 53.0 Å². The van der Waals surface area contributed by atoms with Crippen molar-refractivity contribution in [3.63, 3.8) is 0 Å². The third-order valence-corrected chi connectivity index (χ3v) is 3.43. The third-order valence-electron chi connectivity index (χ3n) is 3.43. The van der Waals surface area contributed by atoms with Crippen LogP contribution in [0.2, 0.25) is 0 Å². The molecule has 17 heavy (non-hydrogen) atoms. The third kappa shape index (κ3) is 2.72. The SMILES string of the molecule is CC(C)(C)OC(=O)N1CCN2CC(CO)C2C1. The maximum atomic E-state index is 11.9. The molecule has 2 atom stereocenters. The molecule has 5 heteroatoms. The van der Waals surface area contributed by atoms with Gasteiger partial charge in [-0.05, 0) is 20.8 Å². The second-order valence-corrected chi connectivity index (χ2v) is 5.93. The number of hydrogen-bond donors (Lipinski definition) is 1. The Balaban J connectivity index is 1.88. The average molecular weight is 242 g/mol. The van der Waals surface area contributed by atoms with Crippen molar-refractivity contribution in [3.8, 4) is 0 Å². The predicted octanol–water partition coefficient (Wildman–Crippen LogP) is 0.530. The van der Waals surface area contributed by atoms with Crippen LogP contribution in [0.3, 0.4) is 0 Å². The summed E-state index contributed by atoms with van der Waals surface area (Å²) in [6.07, 6.45) is -0.235. The van der Waals surface area contributed by atoms with E-state index in [2.05, 4.69) is 4.90 Å². The first kappa shape index (κ1) is 12.6. The molecule has 1 N–H and O–H groups in total. The number of amides is 1. The Morgan fingerprint density at radius 3 is 2.65 bits per heavy atom. The van der Waals surface area contributed by atoms with Crippen LogP contribution in [0.15, 0.2) is 0 Å². The van der Waals surface area contributed by atoms with E-state index in [9.17, 15) is 9.90 Å². The number of hydrogen-bond acceptors (Lipinski definition) is 4. The molecule has 1 amide bonds. The molecule has 0 aromatic carbocycles. The Kier molecular flexibility index (Phi) is 3.32. The average Bonchev–Trinajstić information content (AvgIpc) is 2.17. The van der Waals surface area contributed by atoms with Gasteiger partial charge in [0.05, 0.1) is 0 Å². The summed E-state index contributed by atoms with van der Waals surface area (Å²) >= 11 is 0. The summed E-state index contributed by atoms with van der Waals surface area (Å²) in [5, 5.41) is 9.17. The summed E-state index contributed by atoms with van der Waals surface area (Å²) in [4.78, 5) is 16.0. The predicted molar refractivity (Wildman–Crippen MR) is 63.7 cm³/mol. The number of nitrogens with zero attached hydrogens (tertiary/aromatic N) is 2. The number of aliphatic hydroxyl groups is 1. The minimum absolute atomic E-state index is 0.212. The highest BCUT2D eigenvalue weighted by atomic mass is 16.6. The molecule has 2 rings (SSSR count). The Bertz CT molecular complexity index is 297. The smallest absolute Gasteiger partial charge is 0.410 e. The highest BCUT2D eigenvalue weighted by molar-refractivity contribution is 5.68. The maximum Gasteiger partial charge on any atom is 0.410 e. The monoisotopic (exact) mass is 242 g/mol. The summed E-state index contributed by atoms with van der Waals surface area (Å²) in [7, 11) is 0. The molecule has 98 valence electrons. The van der Waals surface area contributed by atoms with Crippen molar-refractivity contribution in [2.75, 3.05) is 32.8 Å². The molecular formula is C12H22N2O3. The summed E-state index contributed by atoms with van der Waals surface area (Å²) < 4.78 is 5.36. The zero-order valence-electron chi connectivity index (χ0n) is 10.8. The van der Waals surface area contributed by atoms with E-state index in [4.69, 9.17) is 4.74 Å². The van der Waals surface area contributed by atoms with Crippen LogP contribution in [0.1, 0.15) is 20.8 Å². The van der Waals surface area contributed by atoms with Gasteiger partial charge in [-0.15, -0.1) is 0 Å². The second-order valence-electron chi connectivity index (χ2n) is 5.93. The van der Waals surface area contributed by atoms with Gasteiger partial charge in [-0.25, -0.2) is 4.79 Å². The number of fused-ring (bicyclic) bond motifs is 1. The zero-order chi connectivity index (χ0) is 12.6. The molecule has 0 aromatic heterocycles. The lowest BCUT2D eigenvalue weighted by Gasteiger charge is -2.53. The fourth-order valence-corrected chi connectivity index (χ4v) is 2.48. The molecule has 0 aliphatic carbocycles. The summed E-state index contributed by atoms with van der Waals surface area (Å²) in [5.41, 5.74) is -0.440. The van der Waals surface area contributed by atoms with Gasteiger partial charge >= 0.3 is 6.09 Å². The van der Waals surface area contributed by atoms with E-state index in [0.717, 1.165) is 19.6 Å². The number of carbonyl (C=O) groups excluding carboxylic acids is 1. The van der Waals surface area contributed by atoms with Crippen molar-refractivity contribution in [2.45, 2.75) is 32.4 Å². The maximum absolute atomic E-state index is 11.9. The molecule has 2 saturated heterocycles. The lowest BCUT2D eigenvalue weighted by atomic mass is 9.87. The van der Waals surface area contributed by atoms with Crippen molar-refractivity contribution in [2.24, 2.45) is 5.92 Å².